The van der Waals surface area contributed by atoms with Crippen LogP contribution in [0, 0.1) is 0 Å². The summed E-state index contributed by atoms with van der Waals surface area (Å²) < 4.78 is 12.1. The van der Waals surface area contributed by atoms with E-state index in [1.165, 1.54) is 10.8 Å². The van der Waals surface area contributed by atoms with Gasteiger partial charge >= 0.3 is 6.09 Å². The van der Waals surface area contributed by atoms with Crippen molar-refractivity contribution in [3.05, 3.63) is 84.2 Å². The average Bonchev–Trinajstić information content (AvgIpc) is 2.81. The van der Waals surface area contributed by atoms with Crippen LogP contribution in [0.5, 0.6) is 0 Å². The number of ether oxygens (including phenoxy) is 2. The quantitative estimate of drug-likeness (QED) is 0.471. The van der Waals surface area contributed by atoms with E-state index >= 15 is 0 Å². The summed E-state index contributed by atoms with van der Waals surface area (Å²) in [6.07, 6.45) is 3.98. The molecule has 2 heterocycles. The highest BCUT2D eigenvalue weighted by Crippen LogP contribution is 2.32. The zero-order chi connectivity index (χ0) is 23.4. The third kappa shape index (κ3) is 5.79. The lowest BCUT2D eigenvalue weighted by molar-refractivity contribution is -0.0360. The van der Waals surface area contributed by atoms with Crippen molar-refractivity contribution < 1.29 is 14.3 Å². The predicted octanol–water partition coefficient (Wildman–Crippen LogP) is 6.19. The Kier molecular flexibility index (Phi) is 6.80. The molecule has 3 aromatic rings. The van der Waals surface area contributed by atoms with Crippen LogP contribution in [0.3, 0.4) is 0 Å². The van der Waals surface area contributed by atoms with Gasteiger partial charge in [-0.1, -0.05) is 49.0 Å². The Labute approximate surface area is 196 Å². The van der Waals surface area contributed by atoms with Crippen molar-refractivity contribution in [2.75, 3.05) is 13.1 Å². The van der Waals surface area contributed by atoms with E-state index < -0.39 is 5.60 Å². The molecule has 1 aliphatic rings. The molecule has 1 amide bonds. The Bertz CT molecular complexity index is 1120. The van der Waals surface area contributed by atoms with Gasteiger partial charge in [-0.05, 0) is 67.3 Å². The second kappa shape index (κ2) is 9.75. The molecule has 5 heteroatoms. The summed E-state index contributed by atoms with van der Waals surface area (Å²) in [5.41, 5.74) is 2.55. The molecular weight excluding hydrogens is 412 g/mol. The maximum Gasteiger partial charge on any atom is 0.410 e. The molecule has 4 rings (SSSR count). The zero-order valence-electron chi connectivity index (χ0n) is 19.7. The lowest BCUT2D eigenvalue weighted by atomic mass is 9.87. The van der Waals surface area contributed by atoms with Crippen molar-refractivity contribution in [2.45, 2.75) is 51.4 Å². The van der Waals surface area contributed by atoms with Gasteiger partial charge in [0.1, 0.15) is 5.60 Å². The summed E-state index contributed by atoms with van der Waals surface area (Å²) in [6, 6.07) is 18.8. The molecule has 1 aliphatic heterocycles. The van der Waals surface area contributed by atoms with Crippen molar-refractivity contribution in [1.29, 1.82) is 0 Å². The van der Waals surface area contributed by atoms with E-state index in [1.807, 2.05) is 45.2 Å². The highest BCUT2D eigenvalue weighted by Gasteiger charge is 2.35. The minimum absolute atomic E-state index is 0.149. The maximum atomic E-state index is 12.7. The van der Waals surface area contributed by atoms with E-state index in [9.17, 15) is 4.79 Å². The molecule has 1 aromatic heterocycles. The second-order valence-corrected chi connectivity index (χ2v) is 9.57. The Morgan fingerprint density at radius 3 is 2.64 bits per heavy atom. The molecular formula is C28H32N2O3. The molecule has 0 bridgehead atoms. The number of aromatic nitrogens is 1. The Morgan fingerprint density at radius 1 is 1.15 bits per heavy atom. The summed E-state index contributed by atoms with van der Waals surface area (Å²) in [5.74, 6) is 0.149. The van der Waals surface area contributed by atoms with Crippen LogP contribution in [0.1, 0.15) is 49.9 Å². The first-order chi connectivity index (χ1) is 15.8. The van der Waals surface area contributed by atoms with Gasteiger partial charge in [-0.2, -0.15) is 0 Å². The van der Waals surface area contributed by atoms with Crippen molar-refractivity contribution >= 4 is 22.9 Å². The molecule has 172 valence electrons. The molecule has 33 heavy (non-hydrogen) atoms. The third-order valence-electron chi connectivity index (χ3n) is 5.94. The molecule has 0 N–H and O–H groups in total. The van der Waals surface area contributed by atoms with Crippen LogP contribution >= 0.6 is 0 Å². The van der Waals surface area contributed by atoms with Gasteiger partial charge in [-0.25, -0.2) is 4.79 Å². The highest BCUT2D eigenvalue weighted by molar-refractivity contribution is 5.82. The van der Waals surface area contributed by atoms with Crippen LogP contribution < -0.4 is 0 Å². The first-order valence-electron chi connectivity index (χ1n) is 11.5. The number of hydrogen-bond acceptors (Lipinski definition) is 4. The molecule has 0 radical (unpaired) electrons. The van der Waals surface area contributed by atoms with Gasteiger partial charge in [0, 0.05) is 18.7 Å². The number of rotatable bonds is 5. The van der Waals surface area contributed by atoms with Crippen molar-refractivity contribution in [3.8, 4) is 0 Å². The van der Waals surface area contributed by atoms with Crippen molar-refractivity contribution in [3.63, 3.8) is 0 Å². The summed E-state index contributed by atoms with van der Waals surface area (Å²) in [5, 5.41) is 2.40. The molecule has 2 atom stereocenters. The Balaban J connectivity index is 1.52. The monoisotopic (exact) mass is 444 g/mol. The van der Waals surface area contributed by atoms with Crippen LogP contribution in [-0.4, -0.2) is 40.8 Å². The maximum absolute atomic E-state index is 12.7. The van der Waals surface area contributed by atoms with Gasteiger partial charge in [-0.3, -0.25) is 4.98 Å². The van der Waals surface area contributed by atoms with E-state index in [4.69, 9.17) is 9.47 Å². The van der Waals surface area contributed by atoms with Crippen LogP contribution in [0.25, 0.3) is 16.8 Å². The number of carbonyl (C=O) groups excluding carboxylic acids is 1. The van der Waals surface area contributed by atoms with Crippen LogP contribution in [0.15, 0.2) is 67.4 Å². The number of piperidine rings is 1. The van der Waals surface area contributed by atoms with Crippen molar-refractivity contribution in [1.82, 2.24) is 9.88 Å². The number of amides is 1. The van der Waals surface area contributed by atoms with Gasteiger partial charge in [-0.15, -0.1) is 0 Å². The fraction of sp³-hybridized carbons (Fsp3) is 0.357. The van der Waals surface area contributed by atoms with Gasteiger partial charge < -0.3 is 14.4 Å². The van der Waals surface area contributed by atoms with Crippen LogP contribution in [-0.2, 0) is 16.1 Å². The number of benzene rings is 2. The molecule has 2 aromatic carbocycles. The molecule has 5 nitrogen and oxygen atoms in total. The minimum Gasteiger partial charge on any atom is -0.444 e. The first-order valence-corrected chi connectivity index (χ1v) is 11.5. The molecule has 1 fully saturated rings. The number of hydrogen-bond donors (Lipinski definition) is 0. The number of fused-ring (bicyclic) bond motifs is 1. The van der Waals surface area contributed by atoms with E-state index in [0.717, 1.165) is 23.2 Å². The molecule has 0 saturated carbocycles. The summed E-state index contributed by atoms with van der Waals surface area (Å²) in [6.45, 7) is 11.0. The standard InChI is InChI=1S/C28H32N2O3/c1-5-24-13-12-23(17-29-24)25-14-15-30(27(31)33-28(2,3)4)18-26(25)32-19-20-10-11-21-8-6-7-9-22(21)16-20/h5-13,16-17,25-26H,1,14-15,18-19H2,2-4H3. The number of likely N-dealkylation sites (tertiary alicyclic amines) is 1. The fourth-order valence-electron chi connectivity index (χ4n) is 4.25. The highest BCUT2D eigenvalue weighted by atomic mass is 16.6. The fourth-order valence-corrected chi connectivity index (χ4v) is 4.25. The third-order valence-corrected chi connectivity index (χ3v) is 5.94. The van der Waals surface area contributed by atoms with Crippen LogP contribution in [0.2, 0.25) is 0 Å². The second-order valence-electron chi connectivity index (χ2n) is 9.57. The predicted molar refractivity (Wildman–Crippen MR) is 132 cm³/mol. The Morgan fingerprint density at radius 2 is 1.94 bits per heavy atom. The average molecular weight is 445 g/mol. The summed E-state index contributed by atoms with van der Waals surface area (Å²) >= 11 is 0. The van der Waals surface area contributed by atoms with Crippen molar-refractivity contribution in [2.24, 2.45) is 0 Å². The molecule has 1 saturated heterocycles. The number of nitrogens with zero attached hydrogens (tertiary/aromatic N) is 2. The van der Waals surface area contributed by atoms with E-state index in [0.29, 0.717) is 19.7 Å². The summed E-state index contributed by atoms with van der Waals surface area (Å²) in [7, 11) is 0. The lowest BCUT2D eigenvalue weighted by Crippen LogP contribution is -2.48. The van der Waals surface area contributed by atoms with Gasteiger partial charge in [0.25, 0.3) is 0 Å². The smallest absolute Gasteiger partial charge is 0.410 e. The summed E-state index contributed by atoms with van der Waals surface area (Å²) in [4.78, 5) is 19.0. The Hall–Kier alpha value is -3.18. The number of pyridine rings is 1. The van der Waals surface area contributed by atoms with E-state index in [1.54, 1.807) is 11.0 Å². The van der Waals surface area contributed by atoms with Gasteiger partial charge in [0.15, 0.2) is 0 Å². The zero-order valence-corrected chi connectivity index (χ0v) is 19.7. The van der Waals surface area contributed by atoms with Gasteiger partial charge in [0.05, 0.1) is 24.9 Å². The van der Waals surface area contributed by atoms with Crippen LogP contribution in [0.4, 0.5) is 4.79 Å². The first kappa shape index (κ1) is 23.0. The largest absolute Gasteiger partial charge is 0.444 e. The molecule has 0 aliphatic carbocycles. The molecule has 0 spiro atoms. The van der Waals surface area contributed by atoms with E-state index in [2.05, 4.69) is 48.0 Å². The SMILES string of the molecule is C=Cc1ccc(C2CCN(C(=O)OC(C)(C)C)CC2OCc2ccc3ccccc3c2)cn1. The lowest BCUT2D eigenvalue weighted by Gasteiger charge is -2.39. The normalized spacial score (nSPS) is 18.8. The van der Waals surface area contributed by atoms with Gasteiger partial charge in [0.2, 0.25) is 0 Å². The molecule has 2 unspecified atom stereocenters. The van der Waals surface area contributed by atoms with E-state index in [-0.39, 0.29) is 18.1 Å². The number of carbonyl (C=O) groups is 1. The minimum atomic E-state index is -0.528. The topological polar surface area (TPSA) is 51.7 Å².